The molecule has 2 aromatic rings. The molecule has 1 unspecified atom stereocenters. The second-order valence-corrected chi connectivity index (χ2v) is 9.25. The quantitative estimate of drug-likeness (QED) is 0.549. The minimum atomic E-state index is -0.381. The molecule has 2 aliphatic heterocycles. The Bertz CT molecular complexity index is 913. The zero-order valence-electron chi connectivity index (χ0n) is 17.1. The highest BCUT2D eigenvalue weighted by Gasteiger charge is 2.27. The average Bonchev–Trinajstić information content (AvgIpc) is 2.92. The molecule has 0 radical (unpaired) electrons. The molecule has 2 aliphatic rings. The second-order valence-electron chi connectivity index (χ2n) is 7.77. The van der Waals surface area contributed by atoms with Gasteiger partial charge in [-0.1, -0.05) is 19.1 Å². The highest BCUT2D eigenvalue weighted by Crippen LogP contribution is 2.37. The van der Waals surface area contributed by atoms with E-state index < -0.39 is 0 Å². The summed E-state index contributed by atoms with van der Waals surface area (Å²) in [6, 6.07) is 14.9. The summed E-state index contributed by atoms with van der Waals surface area (Å²) in [4.78, 5) is 31.1. The van der Waals surface area contributed by atoms with Gasteiger partial charge in [0.25, 0.3) is 5.69 Å². The standard InChI is InChI=1S/C22H26N4O3S/c1-17-10-11-25(20-4-2-3-5-21(20)30-17)22(27)16-23-12-14-24(15-13-23)18-6-8-19(9-7-18)26(28)29/h2-9,17H,10-16H2,1H3. The van der Waals surface area contributed by atoms with Crippen LogP contribution in [0.15, 0.2) is 53.4 Å². The molecule has 1 fully saturated rings. The van der Waals surface area contributed by atoms with Crippen molar-refractivity contribution in [3.8, 4) is 0 Å². The first-order valence-corrected chi connectivity index (χ1v) is 11.2. The highest BCUT2D eigenvalue weighted by atomic mass is 32.2. The predicted molar refractivity (Wildman–Crippen MR) is 120 cm³/mol. The van der Waals surface area contributed by atoms with E-state index in [0.717, 1.165) is 50.5 Å². The van der Waals surface area contributed by atoms with Crippen molar-refractivity contribution in [1.82, 2.24) is 4.90 Å². The number of para-hydroxylation sites is 1. The lowest BCUT2D eigenvalue weighted by Gasteiger charge is -2.36. The Morgan fingerprint density at radius 1 is 1.07 bits per heavy atom. The number of rotatable bonds is 4. The van der Waals surface area contributed by atoms with Crippen LogP contribution in [0.3, 0.4) is 0 Å². The van der Waals surface area contributed by atoms with Crippen LogP contribution in [0.1, 0.15) is 13.3 Å². The monoisotopic (exact) mass is 426 g/mol. The maximum atomic E-state index is 13.1. The molecule has 0 aromatic heterocycles. The van der Waals surface area contributed by atoms with Gasteiger partial charge < -0.3 is 9.80 Å². The Morgan fingerprint density at radius 2 is 1.77 bits per heavy atom. The molecule has 2 aromatic carbocycles. The van der Waals surface area contributed by atoms with Crippen LogP contribution in [-0.4, -0.2) is 60.2 Å². The lowest BCUT2D eigenvalue weighted by atomic mass is 10.2. The van der Waals surface area contributed by atoms with Crippen molar-refractivity contribution in [3.63, 3.8) is 0 Å². The summed E-state index contributed by atoms with van der Waals surface area (Å²) in [5, 5.41) is 11.3. The lowest BCUT2D eigenvalue weighted by molar-refractivity contribution is -0.384. The number of nitro benzene ring substituents is 1. The average molecular weight is 427 g/mol. The van der Waals surface area contributed by atoms with Gasteiger partial charge in [0.2, 0.25) is 5.91 Å². The van der Waals surface area contributed by atoms with Gasteiger partial charge in [0, 0.05) is 60.7 Å². The number of piperazine rings is 1. The number of amides is 1. The number of hydrogen-bond acceptors (Lipinski definition) is 6. The molecular weight excluding hydrogens is 400 g/mol. The molecule has 30 heavy (non-hydrogen) atoms. The molecule has 1 atom stereocenters. The van der Waals surface area contributed by atoms with E-state index in [1.807, 2.05) is 34.9 Å². The summed E-state index contributed by atoms with van der Waals surface area (Å²) >= 11 is 1.84. The number of carbonyl (C=O) groups is 1. The van der Waals surface area contributed by atoms with Gasteiger partial charge in [0.1, 0.15) is 0 Å². The number of nitro groups is 1. The molecule has 158 valence electrons. The first-order valence-electron chi connectivity index (χ1n) is 10.3. The summed E-state index contributed by atoms with van der Waals surface area (Å²) < 4.78 is 0. The number of hydrogen-bond donors (Lipinski definition) is 0. The van der Waals surface area contributed by atoms with E-state index in [0.29, 0.717) is 11.8 Å². The normalized spacial score (nSPS) is 19.8. The largest absolute Gasteiger partial charge is 0.369 e. The van der Waals surface area contributed by atoms with Crippen molar-refractivity contribution in [2.24, 2.45) is 0 Å². The van der Waals surface area contributed by atoms with Crippen molar-refractivity contribution in [3.05, 3.63) is 58.6 Å². The van der Waals surface area contributed by atoms with Crippen molar-refractivity contribution in [2.45, 2.75) is 23.5 Å². The van der Waals surface area contributed by atoms with Crippen LogP contribution in [0.25, 0.3) is 0 Å². The van der Waals surface area contributed by atoms with E-state index in [2.05, 4.69) is 22.8 Å². The van der Waals surface area contributed by atoms with Gasteiger partial charge in [-0.3, -0.25) is 19.8 Å². The van der Waals surface area contributed by atoms with Crippen molar-refractivity contribution in [1.29, 1.82) is 0 Å². The minimum absolute atomic E-state index is 0.105. The van der Waals surface area contributed by atoms with Crippen LogP contribution in [0.2, 0.25) is 0 Å². The third kappa shape index (κ3) is 4.60. The smallest absolute Gasteiger partial charge is 0.269 e. The molecule has 0 aliphatic carbocycles. The molecule has 0 N–H and O–H groups in total. The molecule has 7 nitrogen and oxygen atoms in total. The van der Waals surface area contributed by atoms with Crippen LogP contribution in [0.5, 0.6) is 0 Å². The Labute approximate surface area is 180 Å². The van der Waals surface area contributed by atoms with Crippen molar-refractivity contribution < 1.29 is 9.72 Å². The Hall–Kier alpha value is -2.58. The maximum Gasteiger partial charge on any atom is 0.269 e. The summed E-state index contributed by atoms with van der Waals surface area (Å²) in [5.74, 6) is 0.154. The molecule has 2 heterocycles. The fourth-order valence-electron chi connectivity index (χ4n) is 3.97. The van der Waals surface area contributed by atoms with Crippen molar-refractivity contribution >= 4 is 34.7 Å². The summed E-state index contributed by atoms with van der Waals surface area (Å²) in [7, 11) is 0. The SMILES string of the molecule is CC1CCN(C(=O)CN2CCN(c3ccc([N+](=O)[O-])cc3)CC2)c2ccccc2S1. The van der Waals surface area contributed by atoms with E-state index in [4.69, 9.17) is 0 Å². The van der Waals surface area contributed by atoms with Crippen molar-refractivity contribution in [2.75, 3.05) is 49.1 Å². The van der Waals surface area contributed by atoms with E-state index in [1.165, 1.54) is 4.90 Å². The molecule has 1 amide bonds. The van der Waals surface area contributed by atoms with Crippen LogP contribution in [0.4, 0.5) is 17.1 Å². The molecule has 0 spiro atoms. The molecule has 1 saturated heterocycles. The summed E-state index contributed by atoms with van der Waals surface area (Å²) in [5.41, 5.74) is 2.12. The Kier molecular flexibility index (Phi) is 6.24. The fourth-order valence-corrected chi connectivity index (χ4v) is 5.08. The predicted octanol–water partition coefficient (Wildman–Crippen LogP) is 3.63. The van der Waals surface area contributed by atoms with E-state index >= 15 is 0 Å². The number of benzene rings is 2. The van der Waals surface area contributed by atoms with Gasteiger partial charge in [0.05, 0.1) is 17.2 Å². The van der Waals surface area contributed by atoms with E-state index in [-0.39, 0.29) is 16.5 Å². The van der Waals surface area contributed by atoms with Gasteiger partial charge in [-0.25, -0.2) is 0 Å². The van der Waals surface area contributed by atoms with Crippen LogP contribution in [-0.2, 0) is 4.79 Å². The van der Waals surface area contributed by atoms with E-state index in [1.54, 1.807) is 24.3 Å². The number of nitrogens with zero attached hydrogens (tertiary/aromatic N) is 4. The van der Waals surface area contributed by atoms with Gasteiger partial charge in [-0.05, 0) is 30.7 Å². The van der Waals surface area contributed by atoms with Crippen LogP contribution >= 0.6 is 11.8 Å². The van der Waals surface area contributed by atoms with Crippen LogP contribution in [0, 0.1) is 10.1 Å². The number of thioether (sulfide) groups is 1. The van der Waals surface area contributed by atoms with Crippen LogP contribution < -0.4 is 9.80 Å². The first kappa shape index (κ1) is 20.7. The molecule has 8 heteroatoms. The number of anilines is 2. The minimum Gasteiger partial charge on any atom is -0.369 e. The van der Waals surface area contributed by atoms with Gasteiger partial charge >= 0.3 is 0 Å². The fraction of sp³-hybridized carbons (Fsp3) is 0.409. The number of carbonyl (C=O) groups excluding carboxylic acids is 1. The Balaban J connectivity index is 1.36. The maximum absolute atomic E-state index is 13.1. The summed E-state index contributed by atoms with van der Waals surface area (Å²) in [6.07, 6.45) is 0.985. The topological polar surface area (TPSA) is 69.9 Å². The summed E-state index contributed by atoms with van der Waals surface area (Å²) in [6.45, 7) is 6.58. The molecule has 0 bridgehead atoms. The molecule has 0 saturated carbocycles. The molecule has 4 rings (SSSR count). The lowest BCUT2D eigenvalue weighted by Crippen LogP contribution is -2.50. The molecular formula is C22H26N4O3S. The zero-order valence-corrected chi connectivity index (χ0v) is 17.9. The van der Waals surface area contributed by atoms with E-state index in [9.17, 15) is 14.9 Å². The Morgan fingerprint density at radius 3 is 2.47 bits per heavy atom. The van der Waals surface area contributed by atoms with Gasteiger partial charge in [0.15, 0.2) is 0 Å². The zero-order chi connectivity index (χ0) is 21.1. The first-order chi connectivity index (χ1) is 14.5. The highest BCUT2D eigenvalue weighted by molar-refractivity contribution is 8.00. The van der Waals surface area contributed by atoms with Gasteiger partial charge in [-0.2, -0.15) is 0 Å². The second kappa shape index (κ2) is 9.06. The van der Waals surface area contributed by atoms with Gasteiger partial charge in [-0.15, -0.1) is 11.8 Å². The number of fused-ring (bicyclic) bond motifs is 1. The third-order valence-corrected chi connectivity index (χ3v) is 6.94. The number of non-ortho nitro benzene ring substituents is 1. The third-order valence-electron chi connectivity index (χ3n) is 5.70.